The fraction of sp³-hybridized carbons (Fsp3) is 0.111. The van der Waals surface area contributed by atoms with Gasteiger partial charge in [-0.05, 0) is 35.8 Å². The molecule has 2 aromatic carbocycles. The van der Waals surface area contributed by atoms with Crippen molar-refractivity contribution in [3.8, 4) is 0 Å². The van der Waals surface area contributed by atoms with Crippen molar-refractivity contribution >= 4 is 39.8 Å². The molecule has 0 fully saturated rings. The molecule has 3 aromatic rings. The van der Waals surface area contributed by atoms with Crippen LogP contribution in [-0.4, -0.2) is 14.5 Å². The van der Waals surface area contributed by atoms with E-state index in [-0.39, 0.29) is 16.6 Å². The summed E-state index contributed by atoms with van der Waals surface area (Å²) in [5.74, 6) is 0.589. The third-order valence-corrected chi connectivity index (χ3v) is 4.62. The molecule has 6 nitrogen and oxygen atoms in total. The van der Waals surface area contributed by atoms with Gasteiger partial charge >= 0.3 is 0 Å². The van der Waals surface area contributed by atoms with Gasteiger partial charge in [0.1, 0.15) is 5.82 Å². The van der Waals surface area contributed by atoms with Crippen molar-refractivity contribution in [2.45, 2.75) is 13.0 Å². The molecule has 2 heterocycles. The molecule has 0 amide bonds. The molecule has 0 unspecified atom stereocenters. The fourth-order valence-corrected chi connectivity index (χ4v) is 3.23. The topological polar surface area (TPSA) is 78.0 Å². The Morgan fingerprint density at radius 3 is 2.80 bits per heavy atom. The minimum absolute atomic E-state index is 0.114. The van der Waals surface area contributed by atoms with Crippen LogP contribution in [0.15, 0.2) is 47.3 Å². The molecule has 1 aliphatic heterocycles. The number of non-ortho nitro benzene ring substituents is 1. The lowest BCUT2D eigenvalue weighted by Gasteiger charge is -2.06. The molecule has 0 aliphatic carbocycles. The molecule has 124 valence electrons. The average Bonchev–Trinajstić information content (AvgIpc) is 3.00. The van der Waals surface area contributed by atoms with E-state index in [1.807, 2.05) is 30.3 Å². The molecular weight excluding hydrogens is 342 g/mol. The summed E-state index contributed by atoms with van der Waals surface area (Å²) in [5, 5.41) is 11.8. The number of fused-ring (bicyclic) bond motifs is 2. The zero-order chi connectivity index (χ0) is 17.6. The molecule has 0 N–H and O–H groups in total. The molecule has 0 atom stereocenters. The van der Waals surface area contributed by atoms with Crippen molar-refractivity contribution in [1.82, 2.24) is 9.55 Å². The molecule has 25 heavy (non-hydrogen) atoms. The molecule has 4 rings (SSSR count). The van der Waals surface area contributed by atoms with Crippen LogP contribution >= 0.6 is 11.6 Å². The van der Waals surface area contributed by atoms with E-state index in [2.05, 4.69) is 4.98 Å². The van der Waals surface area contributed by atoms with Crippen LogP contribution in [0, 0.1) is 10.1 Å². The fourth-order valence-electron chi connectivity index (χ4n) is 3.04. The smallest absolute Gasteiger partial charge is 0.270 e. The molecule has 0 spiro atoms. The summed E-state index contributed by atoms with van der Waals surface area (Å²) < 4.78 is 1.56. The Hall–Kier alpha value is -2.99. The van der Waals surface area contributed by atoms with Crippen LogP contribution in [0.3, 0.4) is 0 Å². The van der Waals surface area contributed by atoms with Crippen LogP contribution in [-0.2, 0) is 6.54 Å². The number of allylic oxidation sites excluding steroid dienone is 1. The van der Waals surface area contributed by atoms with Crippen LogP contribution < -0.4 is 5.56 Å². The summed E-state index contributed by atoms with van der Waals surface area (Å²) in [5.41, 5.74) is 1.87. The highest BCUT2D eigenvalue weighted by molar-refractivity contribution is 6.32. The van der Waals surface area contributed by atoms with E-state index in [9.17, 15) is 14.9 Å². The summed E-state index contributed by atoms with van der Waals surface area (Å²) in [6.45, 7) is 0.496. The Balaban J connectivity index is 1.90. The van der Waals surface area contributed by atoms with Crippen LogP contribution in [0.2, 0.25) is 5.02 Å². The maximum atomic E-state index is 12.7. The number of aromatic nitrogens is 2. The maximum Gasteiger partial charge on any atom is 0.270 e. The van der Waals surface area contributed by atoms with Gasteiger partial charge in [0.15, 0.2) is 0 Å². The van der Waals surface area contributed by atoms with E-state index < -0.39 is 4.92 Å². The van der Waals surface area contributed by atoms with Gasteiger partial charge < -0.3 is 0 Å². The second kappa shape index (κ2) is 5.82. The van der Waals surface area contributed by atoms with Gasteiger partial charge in [-0.2, -0.15) is 0 Å². The van der Waals surface area contributed by atoms with E-state index in [0.29, 0.717) is 29.3 Å². The standard InChI is InChI=1S/C18H12ClN3O3/c19-15-4-2-1-3-11(15)9-12-7-8-21-17(12)20-16-6-5-13(22(24)25)10-14(16)18(21)23/h1-6,9-10H,7-8H2/b12-9-. The zero-order valence-electron chi connectivity index (χ0n) is 13.0. The molecule has 0 bridgehead atoms. The lowest BCUT2D eigenvalue weighted by Crippen LogP contribution is -2.20. The van der Waals surface area contributed by atoms with Crippen molar-refractivity contribution in [1.29, 1.82) is 0 Å². The van der Waals surface area contributed by atoms with Gasteiger partial charge in [0.25, 0.3) is 11.2 Å². The summed E-state index contributed by atoms with van der Waals surface area (Å²) in [6, 6.07) is 11.6. The number of benzene rings is 2. The highest BCUT2D eigenvalue weighted by Gasteiger charge is 2.22. The van der Waals surface area contributed by atoms with Gasteiger partial charge in [0, 0.05) is 23.7 Å². The number of rotatable bonds is 2. The number of halogens is 1. The summed E-state index contributed by atoms with van der Waals surface area (Å²) in [6.07, 6.45) is 2.59. The van der Waals surface area contributed by atoms with Gasteiger partial charge in [-0.3, -0.25) is 19.5 Å². The number of hydrogen-bond acceptors (Lipinski definition) is 4. The minimum atomic E-state index is -0.514. The minimum Gasteiger partial charge on any atom is -0.292 e. The predicted octanol–water partition coefficient (Wildman–Crippen LogP) is 3.90. The predicted molar refractivity (Wildman–Crippen MR) is 96.6 cm³/mol. The van der Waals surface area contributed by atoms with Gasteiger partial charge in [-0.1, -0.05) is 29.8 Å². The molecular formula is C18H12ClN3O3. The van der Waals surface area contributed by atoms with Crippen molar-refractivity contribution in [3.63, 3.8) is 0 Å². The van der Waals surface area contributed by atoms with Crippen molar-refractivity contribution in [2.75, 3.05) is 0 Å². The number of hydrogen-bond donors (Lipinski definition) is 0. The zero-order valence-corrected chi connectivity index (χ0v) is 13.7. The Morgan fingerprint density at radius 2 is 2.04 bits per heavy atom. The Morgan fingerprint density at radius 1 is 1.24 bits per heavy atom. The lowest BCUT2D eigenvalue weighted by atomic mass is 10.1. The van der Waals surface area contributed by atoms with Crippen LogP contribution in [0.25, 0.3) is 22.6 Å². The first-order valence-electron chi connectivity index (χ1n) is 7.69. The number of nitrogens with zero attached hydrogens (tertiary/aromatic N) is 3. The van der Waals surface area contributed by atoms with Crippen LogP contribution in [0.5, 0.6) is 0 Å². The third-order valence-electron chi connectivity index (χ3n) is 4.28. The highest BCUT2D eigenvalue weighted by Crippen LogP contribution is 2.30. The summed E-state index contributed by atoms with van der Waals surface area (Å²) >= 11 is 6.21. The molecule has 0 saturated carbocycles. The van der Waals surface area contributed by atoms with Gasteiger partial charge in [0.05, 0.1) is 15.8 Å². The van der Waals surface area contributed by atoms with Crippen molar-refractivity contribution < 1.29 is 4.92 Å². The first-order valence-corrected chi connectivity index (χ1v) is 8.07. The van der Waals surface area contributed by atoms with Crippen LogP contribution in [0.1, 0.15) is 17.8 Å². The molecule has 1 aliphatic rings. The third kappa shape index (κ3) is 2.60. The van der Waals surface area contributed by atoms with Gasteiger partial charge in [-0.25, -0.2) is 4.98 Å². The monoisotopic (exact) mass is 353 g/mol. The van der Waals surface area contributed by atoms with E-state index >= 15 is 0 Å². The molecule has 0 radical (unpaired) electrons. The SMILES string of the molecule is O=c1c2cc([N+](=O)[O-])ccc2nc2n1CC/C2=C/c1ccccc1Cl. The average molecular weight is 354 g/mol. The Labute approximate surface area is 147 Å². The Kier molecular flexibility index (Phi) is 3.62. The maximum absolute atomic E-state index is 12.7. The first kappa shape index (κ1) is 15.5. The lowest BCUT2D eigenvalue weighted by molar-refractivity contribution is -0.384. The van der Waals surface area contributed by atoms with Gasteiger partial charge in [-0.15, -0.1) is 0 Å². The Bertz CT molecular complexity index is 1120. The molecule has 1 aromatic heterocycles. The van der Waals surface area contributed by atoms with E-state index in [0.717, 1.165) is 11.1 Å². The first-order chi connectivity index (χ1) is 12.0. The quantitative estimate of drug-likeness (QED) is 0.517. The van der Waals surface area contributed by atoms with Crippen molar-refractivity contribution in [2.24, 2.45) is 0 Å². The van der Waals surface area contributed by atoms with E-state index in [4.69, 9.17) is 11.6 Å². The largest absolute Gasteiger partial charge is 0.292 e. The molecule has 0 saturated heterocycles. The second-order valence-corrected chi connectivity index (χ2v) is 6.20. The summed E-state index contributed by atoms with van der Waals surface area (Å²) in [7, 11) is 0. The normalized spacial score (nSPS) is 14.8. The molecule has 7 heteroatoms. The number of nitro benzene ring substituents is 1. The van der Waals surface area contributed by atoms with Crippen molar-refractivity contribution in [3.05, 3.63) is 79.3 Å². The van der Waals surface area contributed by atoms with E-state index in [1.54, 1.807) is 4.57 Å². The van der Waals surface area contributed by atoms with Gasteiger partial charge in [0.2, 0.25) is 0 Å². The second-order valence-electron chi connectivity index (χ2n) is 5.79. The highest BCUT2D eigenvalue weighted by atomic mass is 35.5. The van der Waals surface area contributed by atoms with E-state index in [1.165, 1.54) is 18.2 Å². The van der Waals surface area contributed by atoms with Crippen LogP contribution in [0.4, 0.5) is 5.69 Å². The summed E-state index contributed by atoms with van der Waals surface area (Å²) in [4.78, 5) is 27.7. The number of nitro groups is 1.